The van der Waals surface area contributed by atoms with Crippen molar-refractivity contribution < 1.29 is 14.6 Å². The van der Waals surface area contributed by atoms with Crippen LogP contribution in [-0.4, -0.2) is 37.5 Å². The monoisotopic (exact) mass is 293 g/mol. The fourth-order valence-electron chi connectivity index (χ4n) is 2.93. The highest BCUT2D eigenvalue weighted by molar-refractivity contribution is 5.39. The number of aliphatic hydroxyl groups is 1. The predicted molar refractivity (Wildman–Crippen MR) is 83.9 cm³/mol. The van der Waals surface area contributed by atoms with Crippen molar-refractivity contribution in [3.63, 3.8) is 0 Å². The van der Waals surface area contributed by atoms with Crippen LogP contribution in [0.25, 0.3) is 0 Å². The second-order valence-electron chi connectivity index (χ2n) is 5.86. The average molecular weight is 293 g/mol. The van der Waals surface area contributed by atoms with Crippen LogP contribution in [0, 0.1) is 5.92 Å². The molecule has 0 saturated heterocycles. The average Bonchev–Trinajstić information content (AvgIpc) is 3.05. The van der Waals surface area contributed by atoms with E-state index in [9.17, 15) is 5.11 Å². The molecule has 4 heteroatoms. The zero-order valence-corrected chi connectivity index (χ0v) is 13.0. The van der Waals surface area contributed by atoms with Crippen LogP contribution in [-0.2, 0) is 0 Å². The molecule has 0 bridgehead atoms. The van der Waals surface area contributed by atoms with E-state index in [0.717, 1.165) is 5.92 Å². The second kappa shape index (κ2) is 8.25. The van der Waals surface area contributed by atoms with Gasteiger partial charge in [-0.25, -0.2) is 0 Å². The summed E-state index contributed by atoms with van der Waals surface area (Å²) >= 11 is 0. The number of hydrogen-bond acceptors (Lipinski definition) is 4. The minimum Gasteiger partial charge on any atom is -0.493 e. The lowest BCUT2D eigenvalue weighted by Gasteiger charge is -2.22. The summed E-state index contributed by atoms with van der Waals surface area (Å²) in [6.07, 6.45) is 4.79. The highest BCUT2D eigenvalue weighted by Gasteiger charge is 2.21. The Morgan fingerprint density at radius 2 is 1.90 bits per heavy atom. The van der Waals surface area contributed by atoms with Gasteiger partial charge in [-0.1, -0.05) is 25.0 Å². The smallest absolute Gasteiger partial charge is 0.161 e. The molecule has 0 amide bonds. The zero-order valence-electron chi connectivity index (χ0n) is 13.0. The van der Waals surface area contributed by atoms with E-state index in [2.05, 4.69) is 12.2 Å². The fraction of sp³-hybridized carbons (Fsp3) is 0.647. The predicted octanol–water partition coefficient (Wildman–Crippen LogP) is 2.60. The lowest BCUT2D eigenvalue weighted by molar-refractivity contribution is 0.100. The summed E-state index contributed by atoms with van der Waals surface area (Å²) < 4.78 is 10.9. The standard InChI is InChI=1S/C17H27NO3/c1-13(14-7-3-4-8-14)18-11-15(19)12-21-17-10-6-5-9-16(17)20-2/h5-6,9-10,13-15,18-19H,3-4,7-8,11-12H2,1-2H3/t13-,15?/m1/s1. The third kappa shape index (κ3) is 4.90. The second-order valence-corrected chi connectivity index (χ2v) is 5.86. The number of para-hydroxylation sites is 2. The molecule has 1 unspecified atom stereocenters. The minimum atomic E-state index is -0.515. The van der Waals surface area contributed by atoms with Crippen molar-refractivity contribution in [2.24, 2.45) is 5.92 Å². The van der Waals surface area contributed by atoms with Crippen molar-refractivity contribution in [2.75, 3.05) is 20.3 Å². The molecule has 1 saturated carbocycles. The number of methoxy groups -OCH3 is 1. The third-order valence-corrected chi connectivity index (χ3v) is 4.28. The highest BCUT2D eigenvalue weighted by Crippen LogP contribution is 2.27. The van der Waals surface area contributed by atoms with E-state index in [4.69, 9.17) is 9.47 Å². The van der Waals surface area contributed by atoms with E-state index in [1.807, 2.05) is 24.3 Å². The van der Waals surface area contributed by atoms with Crippen LogP contribution in [0.2, 0.25) is 0 Å². The Labute approximate surface area is 127 Å². The molecule has 0 heterocycles. The largest absolute Gasteiger partial charge is 0.493 e. The first-order chi connectivity index (χ1) is 10.2. The summed E-state index contributed by atoms with van der Waals surface area (Å²) in [6.45, 7) is 3.04. The van der Waals surface area contributed by atoms with E-state index in [1.165, 1.54) is 25.7 Å². The summed E-state index contributed by atoms with van der Waals surface area (Å²) in [5.41, 5.74) is 0. The first-order valence-corrected chi connectivity index (χ1v) is 7.88. The van der Waals surface area contributed by atoms with Crippen LogP contribution in [0.3, 0.4) is 0 Å². The molecule has 1 aromatic carbocycles. The van der Waals surface area contributed by atoms with Gasteiger partial charge in [-0.05, 0) is 37.8 Å². The van der Waals surface area contributed by atoms with Crippen LogP contribution < -0.4 is 14.8 Å². The van der Waals surface area contributed by atoms with Crippen molar-refractivity contribution in [2.45, 2.75) is 44.8 Å². The van der Waals surface area contributed by atoms with E-state index in [1.54, 1.807) is 7.11 Å². The molecule has 21 heavy (non-hydrogen) atoms. The molecule has 2 atom stereocenters. The molecule has 1 aromatic rings. The topological polar surface area (TPSA) is 50.7 Å². The summed E-state index contributed by atoms with van der Waals surface area (Å²) in [4.78, 5) is 0. The van der Waals surface area contributed by atoms with Gasteiger partial charge >= 0.3 is 0 Å². The third-order valence-electron chi connectivity index (χ3n) is 4.28. The maximum Gasteiger partial charge on any atom is 0.161 e. The number of nitrogens with one attached hydrogen (secondary N) is 1. The Balaban J connectivity index is 1.70. The lowest BCUT2D eigenvalue weighted by atomic mass is 10.00. The number of rotatable bonds is 8. The maximum absolute atomic E-state index is 10.0. The van der Waals surface area contributed by atoms with E-state index in [-0.39, 0.29) is 6.61 Å². The molecule has 1 fully saturated rings. The SMILES string of the molecule is COc1ccccc1OCC(O)CN[C@H](C)C1CCCC1. The van der Waals surface area contributed by atoms with Gasteiger partial charge in [0.25, 0.3) is 0 Å². The molecule has 2 N–H and O–H groups in total. The lowest BCUT2D eigenvalue weighted by Crippen LogP contribution is -2.39. The van der Waals surface area contributed by atoms with Crippen LogP contribution in [0.5, 0.6) is 11.5 Å². The van der Waals surface area contributed by atoms with Crippen molar-refractivity contribution >= 4 is 0 Å². The molecular weight excluding hydrogens is 266 g/mol. The maximum atomic E-state index is 10.0. The normalized spacial score (nSPS) is 18.4. The van der Waals surface area contributed by atoms with Gasteiger partial charge in [-0.15, -0.1) is 0 Å². The molecule has 1 aliphatic rings. The van der Waals surface area contributed by atoms with E-state index >= 15 is 0 Å². The Morgan fingerprint density at radius 3 is 2.57 bits per heavy atom. The molecule has 118 valence electrons. The Kier molecular flexibility index (Phi) is 6.33. The van der Waals surface area contributed by atoms with Gasteiger partial charge in [0.05, 0.1) is 7.11 Å². The summed E-state index contributed by atoms with van der Waals surface area (Å²) in [7, 11) is 1.61. The van der Waals surface area contributed by atoms with Gasteiger partial charge in [0.1, 0.15) is 12.7 Å². The number of ether oxygens (including phenoxy) is 2. The van der Waals surface area contributed by atoms with E-state index < -0.39 is 6.10 Å². The quantitative estimate of drug-likeness (QED) is 0.773. The van der Waals surface area contributed by atoms with Crippen LogP contribution in [0.4, 0.5) is 0 Å². The zero-order chi connectivity index (χ0) is 15.1. The van der Waals surface area contributed by atoms with Crippen LogP contribution >= 0.6 is 0 Å². The molecule has 0 radical (unpaired) electrons. The van der Waals surface area contributed by atoms with Gasteiger partial charge in [0.15, 0.2) is 11.5 Å². The summed E-state index contributed by atoms with van der Waals surface area (Å²) in [5.74, 6) is 2.12. The van der Waals surface area contributed by atoms with E-state index in [0.29, 0.717) is 24.1 Å². The Hall–Kier alpha value is -1.26. The molecular formula is C17H27NO3. The Bertz CT molecular complexity index is 418. The molecule has 0 aliphatic heterocycles. The number of hydrogen-bond donors (Lipinski definition) is 2. The van der Waals surface area contributed by atoms with Crippen molar-refractivity contribution in [1.82, 2.24) is 5.32 Å². The van der Waals surface area contributed by atoms with Crippen LogP contribution in [0.1, 0.15) is 32.6 Å². The highest BCUT2D eigenvalue weighted by atomic mass is 16.5. The fourth-order valence-corrected chi connectivity index (χ4v) is 2.93. The van der Waals surface area contributed by atoms with Crippen molar-refractivity contribution in [1.29, 1.82) is 0 Å². The molecule has 0 spiro atoms. The molecule has 0 aromatic heterocycles. The van der Waals surface area contributed by atoms with Crippen molar-refractivity contribution in [3.05, 3.63) is 24.3 Å². The number of benzene rings is 1. The van der Waals surface area contributed by atoms with Crippen molar-refractivity contribution in [3.8, 4) is 11.5 Å². The summed E-state index contributed by atoms with van der Waals surface area (Å²) in [6, 6.07) is 7.95. The van der Waals surface area contributed by atoms with Gasteiger partial charge < -0.3 is 19.9 Å². The summed E-state index contributed by atoms with van der Waals surface area (Å²) in [5, 5.41) is 13.5. The Morgan fingerprint density at radius 1 is 1.24 bits per heavy atom. The first kappa shape index (κ1) is 16.1. The van der Waals surface area contributed by atoms with Gasteiger partial charge in [-0.3, -0.25) is 0 Å². The first-order valence-electron chi connectivity index (χ1n) is 7.88. The molecule has 1 aliphatic carbocycles. The van der Waals surface area contributed by atoms with Gasteiger partial charge in [0.2, 0.25) is 0 Å². The molecule has 2 rings (SSSR count). The van der Waals surface area contributed by atoms with Crippen LogP contribution in [0.15, 0.2) is 24.3 Å². The van der Waals surface area contributed by atoms with Gasteiger partial charge in [-0.2, -0.15) is 0 Å². The van der Waals surface area contributed by atoms with Gasteiger partial charge in [0, 0.05) is 12.6 Å². The minimum absolute atomic E-state index is 0.269. The molecule has 4 nitrogen and oxygen atoms in total. The number of aliphatic hydroxyl groups excluding tert-OH is 1.